The van der Waals surface area contributed by atoms with Gasteiger partial charge in [0, 0.05) is 43.6 Å². The molecule has 0 radical (unpaired) electrons. The number of likely N-dealkylation sites (tertiary alicyclic amines) is 1. The highest BCUT2D eigenvalue weighted by Gasteiger charge is 2.43. The van der Waals surface area contributed by atoms with Gasteiger partial charge in [-0.05, 0) is 59.6 Å². The molecule has 35 heavy (non-hydrogen) atoms. The van der Waals surface area contributed by atoms with Crippen molar-refractivity contribution < 1.29 is 4.79 Å². The van der Waals surface area contributed by atoms with Gasteiger partial charge in [0.15, 0.2) is 5.65 Å². The molecule has 6 nitrogen and oxygen atoms in total. The number of piperidine rings is 1. The van der Waals surface area contributed by atoms with Gasteiger partial charge in [-0.1, -0.05) is 54.6 Å². The zero-order valence-electron chi connectivity index (χ0n) is 19.7. The summed E-state index contributed by atoms with van der Waals surface area (Å²) in [5.41, 5.74) is 6.72. The molecule has 1 N–H and O–H groups in total. The Kier molecular flexibility index (Phi) is 4.86. The summed E-state index contributed by atoms with van der Waals surface area (Å²) in [6.45, 7) is 2.22. The van der Waals surface area contributed by atoms with Crippen LogP contribution in [0.3, 0.4) is 0 Å². The molecule has 2 aromatic carbocycles. The van der Waals surface area contributed by atoms with E-state index in [0.29, 0.717) is 23.7 Å². The average Bonchev–Trinajstić information content (AvgIpc) is 3.36. The minimum absolute atomic E-state index is 0.0672. The van der Waals surface area contributed by atoms with Gasteiger partial charge in [0.05, 0.1) is 0 Å². The van der Waals surface area contributed by atoms with E-state index < -0.39 is 0 Å². The number of nitrogens with zero attached hydrogens (tertiary/aromatic N) is 4. The maximum atomic E-state index is 13.1. The summed E-state index contributed by atoms with van der Waals surface area (Å²) >= 11 is 0. The van der Waals surface area contributed by atoms with Gasteiger partial charge >= 0.3 is 6.03 Å². The van der Waals surface area contributed by atoms with Crippen LogP contribution < -0.4 is 5.32 Å². The molecule has 3 aliphatic carbocycles. The van der Waals surface area contributed by atoms with Crippen molar-refractivity contribution in [2.24, 2.45) is 5.92 Å². The van der Waals surface area contributed by atoms with Gasteiger partial charge < -0.3 is 10.2 Å². The topological polar surface area (TPSA) is 62.5 Å². The highest BCUT2D eigenvalue weighted by molar-refractivity contribution is 5.74. The molecule has 1 unspecified atom stereocenters. The van der Waals surface area contributed by atoms with E-state index in [1.54, 1.807) is 0 Å². The lowest BCUT2D eigenvalue weighted by molar-refractivity contribution is 0.177. The lowest BCUT2D eigenvalue weighted by atomic mass is 9.59. The Bertz CT molecular complexity index is 1360. The van der Waals surface area contributed by atoms with Crippen molar-refractivity contribution in [3.05, 3.63) is 101 Å². The fourth-order valence-electron chi connectivity index (χ4n) is 6.77. The number of rotatable bonds is 3. The first-order chi connectivity index (χ1) is 17.3. The number of nitrogens with one attached hydrogen (secondary N) is 1. The van der Waals surface area contributed by atoms with E-state index in [0.717, 1.165) is 50.4 Å². The van der Waals surface area contributed by atoms with Crippen molar-refractivity contribution in [3.8, 4) is 0 Å². The molecule has 2 amide bonds. The number of benzene rings is 2. The van der Waals surface area contributed by atoms with Gasteiger partial charge in [0.2, 0.25) is 0 Å². The molecule has 3 heterocycles. The second-order valence-electron chi connectivity index (χ2n) is 10.2. The summed E-state index contributed by atoms with van der Waals surface area (Å²) in [5.74, 6) is 2.56. The monoisotopic (exact) mass is 463 g/mol. The minimum atomic E-state index is 0.0672. The zero-order valence-corrected chi connectivity index (χ0v) is 19.7. The van der Waals surface area contributed by atoms with Gasteiger partial charge in [0.25, 0.3) is 0 Å². The van der Waals surface area contributed by atoms with Crippen molar-refractivity contribution >= 4 is 11.7 Å². The molecule has 6 heteroatoms. The Hall–Kier alpha value is -3.67. The third-order valence-corrected chi connectivity index (χ3v) is 8.43. The van der Waals surface area contributed by atoms with Gasteiger partial charge in [0.1, 0.15) is 5.82 Å². The van der Waals surface area contributed by atoms with Crippen molar-refractivity contribution in [1.29, 1.82) is 0 Å². The van der Waals surface area contributed by atoms with Crippen molar-refractivity contribution in [2.45, 2.75) is 37.0 Å². The summed E-state index contributed by atoms with van der Waals surface area (Å²) in [6.07, 6.45) is 4.95. The highest BCUT2D eigenvalue weighted by Crippen LogP contribution is 2.55. The maximum absolute atomic E-state index is 13.1. The molecule has 8 rings (SSSR count). The Morgan fingerprint density at radius 1 is 0.857 bits per heavy atom. The first kappa shape index (κ1) is 20.7. The molecule has 4 aliphatic rings. The predicted octanol–water partition coefficient (Wildman–Crippen LogP) is 4.92. The van der Waals surface area contributed by atoms with Crippen molar-refractivity contribution in [3.63, 3.8) is 0 Å². The van der Waals surface area contributed by atoms with Crippen LogP contribution in [0.1, 0.15) is 65.1 Å². The minimum Gasteiger partial charge on any atom is -0.338 e. The summed E-state index contributed by atoms with van der Waals surface area (Å²) in [4.78, 5) is 15.1. The van der Waals surface area contributed by atoms with Crippen LogP contribution in [0.5, 0.6) is 0 Å². The normalized spacial score (nSPS) is 23.2. The van der Waals surface area contributed by atoms with E-state index in [9.17, 15) is 4.79 Å². The molecule has 0 saturated carbocycles. The quantitative estimate of drug-likeness (QED) is 0.469. The summed E-state index contributed by atoms with van der Waals surface area (Å²) in [7, 11) is 0. The Morgan fingerprint density at radius 3 is 2.23 bits per heavy atom. The van der Waals surface area contributed by atoms with Crippen molar-refractivity contribution in [2.75, 3.05) is 19.6 Å². The Labute approximate surface area is 205 Å². The summed E-state index contributed by atoms with van der Waals surface area (Å²) in [6, 6.07) is 23.8. The lowest BCUT2D eigenvalue weighted by Crippen LogP contribution is -2.47. The molecule has 1 aliphatic heterocycles. The van der Waals surface area contributed by atoms with Crippen LogP contribution in [0.4, 0.5) is 4.79 Å². The third-order valence-electron chi connectivity index (χ3n) is 8.43. The zero-order chi connectivity index (χ0) is 23.4. The number of urea groups is 1. The number of hydrogen-bond acceptors (Lipinski definition) is 3. The number of carbonyl (C=O) groups excluding carboxylic acids is 1. The number of amides is 2. The van der Waals surface area contributed by atoms with Gasteiger partial charge in [-0.25, -0.2) is 4.79 Å². The van der Waals surface area contributed by atoms with E-state index in [2.05, 4.69) is 68.4 Å². The second-order valence-corrected chi connectivity index (χ2v) is 10.2. The maximum Gasteiger partial charge on any atom is 0.317 e. The van der Waals surface area contributed by atoms with E-state index in [-0.39, 0.29) is 6.03 Å². The van der Waals surface area contributed by atoms with Crippen LogP contribution in [0.2, 0.25) is 0 Å². The lowest BCUT2D eigenvalue weighted by Gasteiger charge is -2.45. The molecule has 1 atom stereocenters. The van der Waals surface area contributed by atoms with Crippen LogP contribution in [0, 0.1) is 5.92 Å². The molecular weight excluding hydrogens is 434 g/mol. The predicted molar refractivity (Wildman–Crippen MR) is 135 cm³/mol. The van der Waals surface area contributed by atoms with Crippen LogP contribution >= 0.6 is 0 Å². The second kappa shape index (κ2) is 8.22. The summed E-state index contributed by atoms with van der Waals surface area (Å²) in [5, 5.41) is 12.0. The first-order valence-electron chi connectivity index (χ1n) is 12.8. The largest absolute Gasteiger partial charge is 0.338 e. The third kappa shape index (κ3) is 3.34. The van der Waals surface area contributed by atoms with Gasteiger partial charge in [-0.2, -0.15) is 0 Å². The van der Waals surface area contributed by atoms with E-state index in [1.165, 1.54) is 22.3 Å². The van der Waals surface area contributed by atoms with E-state index >= 15 is 0 Å². The van der Waals surface area contributed by atoms with Gasteiger partial charge in [-0.15, -0.1) is 10.2 Å². The van der Waals surface area contributed by atoms with Crippen molar-refractivity contribution in [1.82, 2.24) is 24.8 Å². The number of hydrogen-bond donors (Lipinski definition) is 1. The van der Waals surface area contributed by atoms with Crippen LogP contribution in [0.25, 0.3) is 5.65 Å². The van der Waals surface area contributed by atoms with Crippen LogP contribution in [-0.4, -0.2) is 45.2 Å². The molecule has 2 bridgehead atoms. The molecule has 176 valence electrons. The standard InChI is InChI=1S/C29H29N5O/c35-29(33-15-12-19(13-16-33)28-32-31-26-11-5-6-14-34(26)28)30-18-20-17-25-21-7-1-3-9-23(21)27(20)24-10-4-2-8-22(24)25/h1-11,14,19-20,25,27H,12-13,15-18H2,(H,30,35). The Balaban J connectivity index is 1.02. The Morgan fingerprint density at radius 2 is 1.51 bits per heavy atom. The molecule has 1 fully saturated rings. The average molecular weight is 464 g/mol. The molecule has 2 aromatic heterocycles. The number of carbonyl (C=O) groups is 1. The number of aromatic nitrogens is 3. The SMILES string of the molecule is O=C(NCC1CC2c3ccccc3C1c1ccccc12)N1CCC(c2nnc3ccccn23)CC1. The molecule has 0 spiro atoms. The summed E-state index contributed by atoms with van der Waals surface area (Å²) < 4.78 is 2.08. The van der Waals surface area contributed by atoms with Crippen LogP contribution in [-0.2, 0) is 0 Å². The van der Waals surface area contributed by atoms with E-state index in [4.69, 9.17) is 0 Å². The first-order valence-corrected chi connectivity index (χ1v) is 12.8. The fraction of sp³-hybridized carbons (Fsp3) is 0.345. The highest BCUT2D eigenvalue weighted by atomic mass is 16.2. The van der Waals surface area contributed by atoms with Gasteiger partial charge in [-0.3, -0.25) is 4.40 Å². The molecular formula is C29H29N5O. The molecule has 1 saturated heterocycles. The number of fused-ring (bicyclic) bond motifs is 2. The smallest absolute Gasteiger partial charge is 0.317 e. The number of pyridine rings is 1. The fourth-order valence-corrected chi connectivity index (χ4v) is 6.77. The van der Waals surface area contributed by atoms with Crippen LogP contribution in [0.15, 0.2) is 72.9 Å². The van der Waals surface area contributed by atoms with E-state index in [1.807, 2.05) is 29.3 Å². The molecule has 4 aromatic rings.